The number of nitrogens with zero attached hydrogens (tertiary/aromatic N) is 4. The largest absolute Gasteiger partial charge is 0.326 e. The number of imidazole rings is 1. The molecular weight excluding hydrogens is 356 g/mol. The van der Waals surface area contributed by atoms with E-state index in [9.17, 15) is 0 Å². The van der Waals surface area contributed by atoms with Crippen LogP contribution in [0.2, 0.25) is 0 Å². The molecule has 0 amide bonds. The SMILES string of the molecule is Cc1ccc2c(c1N1C=CN(c3ccccc3)[C@@H]1C)Cc1nc3ccccc3n1-2. The maximum atomic E-state index is 4.90. The van der Waals surface area contributed by atoms with E-state index in [2.05, 4.69) is 107 Å². The Kier molecular flexibility index (Phi) is 3.39. The summed E-state index contributed by atoms with van der Waals surface area (Å²) < 4.78 is 2.33. The summed E-state index contributed by atoms with van der Waals surface area (Å²) in [6, 6.07) is 23.5. The Balaban J connectivity index is 1.46. The fourth-order valence-electron chi connectivity index (χ4n) is 4.80. The molecule has 4 aromatic rings. The third-order valence-electron chi connectivity index (χ3n) is 6.17. The summed E-state index contributed by atoms with van der Waals surface area (Å²) in [6.07, 6.45) is 5.47. The molecule has 4 heteroatoms. The molecule has 3 aromatic carbocycles. The third kappa shape index (κ3) is 2.29. The Morgan fingerprint density at radius 3 is 2.48 bits per heavy atom. The summed E-state index contributed by atoms with van der Waals surface area (Å²) >= 11 is 0. The summed E-state index contributed by atoms with van der Waals surface area (Å²) in [5.41, 5.74) is 8.69. The first-order valence-corrected chi connectivity index (χ1v) is 10.1. The zero-order valence-corrected chi connectivity index (χ0v) is 16.6. The standard InChI is InChI=1S/C25H22N4/c1-17-12-13-22-20(16-24-26-21-10-6-7-11-23(21)29(22)24)25(17)28-15-14-27(18(28)2)19-8-4-3-5-9-19/h3-15,18H,16H2,1-2H3/t18-/m0/s1. The van der Waals surface area contributed by atoms with E-state index in [1.807, 2.05) is 0 Å². The fraction of sp³-hybridized carbons (Fsp3) is 0.160. The molecule has 0 unspecified atom stereocenters. The van der Waals surface area contributed by atoms with Gasteiger partial charge in [-0.05, 0) is 49.7 Å². The van der Waals surface area contributed by atoms with Crippen LogP contribution in [0.4, 0.5) is 11.4 Å². The molecule has 3 heterocycles. The highest BCUT2D eigenvalue weighted by atomic mass is 15.4. The summed E-state index contributed by atoms with van der Waals surface area (Å²) in [5.74, 6) is 1.13. The molecule has 2 aliphatic rings. The number of para-hydroxylation sites is 3. The fourth-order valence-corrected chi connectivity index (χ4v) is 4.80. The lowest BCUT2D eigenvalue weighted by molar-refractivity contribution is 0.746. The average Bonchev–Trinajstić information content (AvgIpc) is 3.40. The van der Waals surface area contributed by atoms with Gasteiger partial charge in [-0.15, -0.1) is 0 Å². The second-order valence-corrected chi connectivity index (χ2v) is 7.84. The Labute approximate surface area is 170 Å². The average molecular weight is 378 g/mol. The van der Waals surface area contributed by atoms with Crippen LogP contribution in [-0.4, -0.2) is 15.7 Å². The van der Waals surface area contributed by atoms with Gasteiger partial charge in [0.2, 0.25) is 0 Å². The highest BCUT2D eigenvalue weighted by molar-refractivity contribution is 5.83. The Hall–Kier alpha value is -3.53. The lowest BCUT2D eigenvalue weighted by atomic mass is 10.0. The summed E-state index contributed by atoms with van der Waals surface area (Å²) in [5, 5.41) is 0. The molecule has 4 nitrogen and oxygen atoms in total. The summed E-state index contributed by atoms with van der Waals surface area (Å²) in [6.45, 7) is 4.47. The molecule has 0 radical (unpaired) electrons. The molecule has 0 spiro atoms. The molecule has 6 rings (SSSR count). The Bertz CT molecular complexity index is 1270. The maximum Gasteiger partial charge on any atom is 0.119 e. The van der Waals surface area contributed by atoms with Gasteiger partial charge in [0, 0.05) is 30.1 Å². The number of anilines is 2. The number of aromatic nitrogens is 2. The molecule has 0 bridgehead atoms. The zero-order valence-electron chi connectivity index (χ0n) is 16.6. The molecule has 0 fully saturated rings. The first-order valence-electron chi connectivity index (χ1n) is 10.1. The van der Waals surface area contributed by atoms with E-state index in [4.69, 9.17) is 4.98 Å². The van der Waals surface area contributed by atoms with Crippen molar-refractivity contribution < 1.29 is 0 Å². The number of hydrogen-bond acceptors (Lipinski definition) is 3. The predicted molar refractivity (Wildman–Crippen MR) is 119 cm³/mol. The van der Waals surface area contributed by atoms with Crippen molar-refractivity contribution in [2.75, 3.05) is 9.80 Å². The second-order valence-electron chi connectivity index (χ2n) is 7.84. The van der Waals surface area contributed by atoms with Crippen molar-refractivity contribution in [3.8, 4) is 5.69 Å². The highest BCUT2D eigenvalue weighted by Gasteiger charge is 2.32. The van der Waals surface area contributed by atoms with Crippen LogP contribution < -0.4 is 9.80 Å². The minimum absolute atomic E-state index is 0.215. The quantitative estimate of drug-likeness (QED) is 0.412. The van der Waals surface area contributed by atoms with E-state index in [1.54, 1.807) is 0 Å². The predicted octanol–water partition coefficient (Wildman–Crippen LogP) is 5.38. The van der Waals surface area contributed by atoms with Crippen LogP contribution in [0.1, 0.15) is 23.9 Å². The van der Waals surface area contributed by atoms with Crippen molar-refractivity contribution in [3.63, 3.8) is 0 Å². The molecule has 2 aliphatic heterocycles. The summed E-state index contributed by atoms with van der Waals surface area (Å²) in [7, 11) is 0. The smallest absolute Gasteiger partial charge is 0.119 e. The van der Waals surface area contributed by atoms with Crippen molar-refractivity contribution in [1.29, 1.82) is 0 Å². The monoisotopic (exact) mass is 378 g/mol. The third-order valence-corrected chi connectivity index (χ3v) is 6.17. The van der Waals surface area contributed by atoms with E-state index in [0.717, 1.165) is 17.8 Å². The van der Waals surface area contributed by atoms with Gasteiger partial charge in [-0.3, -0.25) is 4.57 Å². The Morgan fingerprint density at radius 2 is 1.62 bits per heavy atom. The van der Waals surface area contributed by atoms with Gasteiger partial charge in [-0.25, -0.2) is 4.98 Å². The van der Waals surface area contributed by atoms with Crippen LogP contribution >= 0.6 is 0 Å². The van der Waals surface area contributed by atoms with Crippen LogP contribution in [0, 0.1) is 6.92 Å². The van der Waals surface area contributed by atoms with Gasteiger partial charge in [-0.2, -0.15) is 0 Å². The van der Waals surface area contributed by atoms with Gasteiger partial charge in [0.25, 0.3) is 0 Å². The van der Waals surface area contributed by atoms with Crippen molar-refractivity contribution >= 4 is 22.4 Å². The van der Waals surface area contributed by atoms with Crippen molar-refractivity contribution in [2.45, 2.75) is 26.4 Å². The summed E-state index contributed by atoms with van der Waals surface area (Å²) in [4.78, 5) is 9.62. The highest BCUT2D eigenvalue weighted by Crippen LogP contribution is 2.41. The Morgan fingerprint density at radius 1 is 0.862 bits per heavy atom. The maximum absolute atomic E-state index is 4.90. The van der Waals surface area contributed by atoms with Gasteiger partial charge in [0.15, 0.2) is 0 Å². The van der Waals surface area contributed by atoms with Crippen LogP contribution in [0.3, 0.4) is 0 Å². The number of hydrogen-bond donors (Lipinski definition) is 0. The first-order chi connectivity index (χ1) is 14.2. The van der Waals surface area contributed by atoms with Crippen LogP contribution in [0.5, 0.6) is 0 Å². The van der Waals surface area contributed by atoms with Crippen molar-refractivity contribution in [1.82, 2.24) is 9.55 Å². The topological polar surface area (TPSA) is 24.3 Å². The van der Waals surface area contributed by atoms with Crippen molar-refractivity contribution in [3.05, 3.63) is 96.1 Å². The molecule has 0 saturated heterocycles. The van der Waals surface area contributed by atoms with Gasteiger partial charge in [-0.1, -0.05) is 36.4 Å². The molecule has 0 N–H and O–H groups in total. The van der Waals surface area contributed by atoms with Gasteiger partial charge in [0.05, 0.1) is 22.4 Å². The number of benzene rings is 3. The number of rotatable bonds is 2. The number of fused-ring (bicyclic) bond motifs is 5. The van der Waals surface area contributed by atoms with Crippen molar-refractivity contribution in [2.24, 2.45) is 0 Å². The molecule has 1 aromatic heterocycles. The molecule has 1 atom stereocenters. The molecular formula is C25H22N4. The molecule has 0 aliphatic carbocycles. The molecule has 29 heavy (non-hydrogen) atoms. The molecule has 0 saturated carbocycles. The van der Waals surface area contributed by atoms with Crippen LogP contribution in [0.15, 0.2) is 79.1 Å². The number of aryl methyl sites for hydroxylation is 1. The van der Waals surface area contributed by atoms with E-state index >= 15 is 0 Å². The first kappa shape index (κ1) is 16.4. The van der Waals surface area contributed by atoms with E-state index < -0.39 is 0 Å². The van der Waals surface area contributed by atoms with E-state index in [-0.39, 0.29) is 6.17 Å². The van der Waals surface area contributed by atoms with E-state index in [1.165, 1.54) is 33.7 Å². The lowest BCUT2D eigenvalue weighted by Gasteiger charge is -2.32. The van der Waals surface area contributed by atoms with Crippen LogP contribution in [-0.2, 0) is 6.42 Å². The normalized spacial score (nSPS) is 17.2. The minimum atomic E-state index is 0.215. The van der Waals surface area contributed by atoms with Crippen LogP contribution in [0.25, 0.3) is 16.7 Å². The van der Waals surface area contributed by atoms with Gasteiger partial charge in [0.1, 0.15) is 12.0 Å². The van der Waals surface area contributed by atoms with Gasteiger partial charge >= 0.3 is 0 Å². The zero-order chi connectivity index (χ0) is 19.5. The molecule has 142 valence electrons. The van der Waals surface area contributed by atoms with E-state index in [0.29, 0.717) is 0 Å². The lowest BCUT2D eigenvalue weighted by Crippen LogP contribution is -2.36. The second kappa shape index (κ2) is 5.98. The minimum Gasteiger partial charge on any atom is -0.326 e. The van der Waals surface area contributed by atoms with Gasteiger partial charge < -0.3 is 9.80 Å².